The SMILES string of the molecule is COc1cc(OC)cc(C(NCc2cccc(OC)c2OC)c2nccn2C)c1. The van der Waals surface area contributed by atoms with Gasteiger partial charge in [-0.05, 0) is 23.8 Å². The number of aryl methyl sites for hydroxylation is 1. The van der Waals surface area contributed by atoms with Gasteiger partial charge in [0, 0.05) is 37.6 Å². The van der Waals surface area contributed by atoms with Crippen LogP contribution in [-0.2, 0) is 13.6 Å². The molecule has 1 N–H and O–H groups in total. The number of hydrogen-bond acceptors (Lipinski definition) is 6. The molecule has 0 saturated carbocycles. The van der Waals surface area contributed by atoms with E-state index in [0.29, 0.717) is 18.0 Å². The topological polar surface area (TPSA) is 66.8 Å². The smallest absolute Gasteiger partial charge is 0.165 e. The average Bonchev–Trinajstić information content (AvgIpc) is 3.18. The van der Waals surface area contributed by atoms with Crippen LogP contribution in [-0.4, -0.2) is 38.0 Å². The molecule has 154 valence electrons. The lowest BCUT2D eigenvalue weighted by Crippen LogP contribution is -2.25. The minimum absolute atomic E-state index is 0.185. The highest BCUT2D eigenvalue weighted by Crippen LogP contribution is 2.33. The summed E-state index contributed by atoms with van der Waals surface area (Å²) in [7, 11) is 8.53. The Labute approximate surface area is 171 Å². The molecule has 1 aromatic heterocycles. The molecule has 0 radical (unpaired) electrons. The van der Waals surface area contributed by atoms with Gasteiger partial charge in [-0.1, -0.05) is 12.1 Å². The van der Waals surface area contributed by atoms with Gasteiger partial charge < -0.3 is 23.5 Å². The number of ether oxygens (including phenoxy) is 4. The molecule has 3 aromatic rings. The summed E-state index contributed by atoms with van der Waals surface area (Å²) in [5, 5.41) is 3.59. The predicted octanol–water partition coefficient (Wildman–Crippen LogP) is 3.33. The summed E-state index contributed by atoms with van der Waals surface area (Å²) >= 11 is 0. The molecule has 0 aliphatic rings. The number of benzene rings is 2. The highest BCUT2D eigenvalue weighted by molar-refractivity contribution is 5.47. The minimum atomic E-state index is -0.185. The zero-order valence-corrected chi connectivity index (χ0v) is 17.4. The molecular formula is C22H27N3O4. The summed E-state index contributed by atoms with van der Waals surface area (Å²) in [5.74, 6) is 3.73. The van der Waals surface area contributed by atoms with Crippen molar-refractivity contribution in [1.82, 2.24) is 14.9 Å². The highest BCUT2D eigenvalue weighted by atomic mass is 16.5. The molecule has 0 amide bonds. The molecule has 7 heteroatoms. The molecule has 0 fully saturated rings. The summed E-state index contributed by atoms with van der Waals surface area (Å²) in [6.45, 7) is 0.553. The summed E-state index contributed by atoms with van der Waals surface area (Å²) in [6.07, 6.45) is 3.71. The van der Waals surface area contributed by atoms with Crippen molar-refractivity contribution >= 4 is 0 Å². The number of nitrogens with zero attached hydrogens (tertiary/aromatic N) is 2. The van der Waals surface area contributed by atoms with Crippen molar-refractivity contribution in [2.45, 2.75) is 12.6 Å². The molecule has 1 atom stereocenters. The maximum Gasteiger partial charge on any atom is 0.165 e. The van der Waals surface area contributed by atoms with Gasteiger partial charge in [0.25, 0.3) is 0 Å². The maximum absolute atomic E-state index is 5.57. The van der Waals surface area contributed by atoms with E-state index in [4.69, 9.17) is 18.9 Å². The zero-order chi connectivity index (χ0) is 20.8. The van der Waals surface area contributed by atoms with E-state index in [0.717, 1.165) is 28.5 Å². The molecule has 0 spiro atoms. The molecule has 1 heterocycles. The van der Waals surface area contributed by atoms with Gasteiger partial charge in [0.2, 0.25) is 0 Å². The van der Waals surface area contributed by atoms with Crippen LogP contribution in [0.5, 0.6) is 23.0 Å². The van der Waals surface area contributed by atoms with Crippen LogP contribution in [0.25, 0.3) is 0 Å². The Morgan fingerprint density at radius 1 is 0.966 bits per heavy atom. The lowest BCUT2D eigenvalue weighted by Gasteiger charge is -2.21. The Bertz CT molecular complexity index is 933. The first-order valence-corrected chi connectivity index (χ1v) is 9.24. The van der Waals surface area contributed by atoms with Crippen molar-refractivity contribution in [2.24, 2.45) is 7.05 Å². The predicted molar refractivity (Wildman–Crippen MR) is 111 cm³/mol. The van der Waals surface area contributed by atoms with Gasteiger partial charge >= 0.3 is 0 Å². The van der Waals surface area contributed by atoms with Gasteiger partial charge in [0.05, 0.1) is 34.5 Å². The van der Waals surface area contributed by atoms with Crippen molar-refractivity contribution in [1.29, 1.82) is 0 Å². The number of para-hydroxylation sites is 1. The molecular weight excluding hydrogens is 370 g/mol. The van der Waals surface area contributed by atoms with E-state index in [-0.39, 0.29) is 6.04 Å². The van der Waals surface area contributed by atoms with Gasteiger partial charge in [-0.3, -0.25) is 5.32 Å². The molecule has 0 aliphatic carbocycles. The van der Waals surface area contributed by atoms with Gasteiger partial charge in [-0.25, -0.2) is 4.98 Å². The van der Waals surface area contributed by atoms with Crippen LogP contribution in [0.15, 0.2) is 48.8 Å². The maximum atomic E-state index is 5.57. The van der Waals surface area contributed by atoms with Crippen molar-refractivity contribution in [3.63, 3.8) is 0 Å². The third-order valence-corrected chi connectivity index (χ3v) is 4.80. The first-order valence-electron chi connectivity index (χ1n) is 9.24. The third kappa shape index (κ3) is 4.46. The largest absolute Gasteiger partial charge is 0.497 e. The number of nitrogens with one attached hydrogen (secondary N) is 1. The minimum Gasteiger partial charge on any atom is -0.497 e. The van der Waals surface area contributed by atoms with Crippen LogP contribution >= 0.6 is 0 Å². The van der Waals surface area contributed by atoms with E-state index < -0.39 is 0 Å². The monoisotopic (exact) mass is 397 g/mol. The van der Waals surface area contributed by atoms with E-state index in [2.05, 4.69) is 10.3 Å². The quantitative estimate of drug-likeness (QED) is 0.597. The summed E-state index contributed by atoms with van der Waals surface area (Å²) < 4.78 is 23.9. The van der Waals surface area contributed by atoms with Crippen molar-refractivity contribution in [3.8, 4) is 23.0 Å². The molecule has 1 unspecified atom stereocenters. The molecule has 0 aliphatic heterocycles. The second-order valence-electron chi connectivity index (χ2n) is 6.51. The van der Waals surface area contributed by atoms with Gasteiger partial charge in [-0.2, -0.15) is 0 Å². The lowest BCUT2D eigenvalue weighted by molar-refractivity contribution is 0.350. The van der Waals surface area contributed by atoms with Crippen LogP contribution in [0.3, 0.4) is 0 Å². The number of imidazole rings is 1. The summed E-state index contributed by atoms with van der Waals surface area (Å²) in [4.78, 5) is 4.55. The number of hydrogen-bond donors (Lipinski definition) is 1. The average molecular weight is 397 g/mol. The molecule has 0 saturated heterocycles. The lowest BCUT2D eigenvalue weighted by atomic mass is 10.0. The van der Waals surface area contributed by atoms with Crippen LogP contribution in [0.1, 0.15) is 23.0 Å². The Balaban J connectivity index is 1.98. The normalized spacial score (nSPS) is 11.8. The Hall–Kier alpha value is -3.19. The fraction of sp³-hybridized carbons (Fsp3) is 0.318. The van der Waals surface area contributed by atoms with Crippen LogP contribution in [0.4, 0.5) is 0 Å². The summed E-state index contributed by atoms with van der Waals surface area (Å²) in [5.41, 5.74) is 1.97. The highest BCUT2D eigenvalue weighted by Gasteiger charge is 2.21. The van der Waals surface area contributed by atoms with Crippen LogP contribution < -0.4 is 24.3 Å². The fourth-order valence-electron chi connectivity index (χ4n) is 3.31. The second kappa shape index (κ2) is 9.34. The molecule has 0 bridgehead atoms. The van der Waals surface area contributed by atoms with E-state index in [1.807, 2.05) is 54.2 Å². The van der Waals surface area contributed by atoms with Gasteiger partial charge in [-0.15, -0.1) is 0 Å². The summed E-state index contributed by atoms with van der Waals surface area (Å²) in [6, 6.07) is 11.5. The Kier molecular flexibility index (Phi) is 6.61. The molecule has 29 heavy (non-hydrogen) atoms. The van der Waals surface area contributed by atoms with Crippen molar-refractivity contribution in [3.05, 3.63) is 65.7 Å². The van der Waals surface area contributed by atoms with Crippen molar-refractivity contribution < 1.29 is 18.9 Å². The molecule has 3 rings (SSSR count). The van der Waals surface area contributed by atoms with E-state index in [1.165, 1.54) is 0 Å². The van der Waals surface area contributed by atoms with E-state index in [9.17, 15) is 0 Å². The van der Waals surface area contributed by atoms with Crippen LogP contribution in [0.2, 0.25) is 0 Å². The Morgan fingerprint density at radius 3 is 2.24 bits per heavy atom. The van der Waals surface area contributed by atoms with Crippen LogP contribution in [0, 0.1) is 0 Å². The van der Waals surface area contributed by atoms with Gasteiger partial charge in [0.1, 0.15) is 17.3 Å². The number of aromatic nitrogens is 2. The number of methoxy groups -OCH3 is 4. The second-order valence-corrected chi connectivity index (χ2v) is 6.51. The fourth-order valence-corrected chi connectivity index (χ4v) is 3.31. The Morgan fingerprint density at radius 2 is 1.69 bits per heavy atom. The standard InChI is InChI=1S/C22H27N3O4/c1-25-10-9-23-22(25)20(16-11-17(26-2)13-18(12-16)27-3)24-14-15-7-6-8-19(28-4)21(15)29-5/h6-13,20,24H,14H2,1-5H3. The van der Waals surface area contributed by atoms with E-state index >= 15 is 0 Å². The first-order chi connectivity index (χ1) is 14.1. The molecule has 2 aromatic carbocycles. The van der Waals surface area contributed by atoms with E-state index in [1.54, 1.807) is 34.6 Å². The zero-order valence-electron chi connectivity index (χ0n) is 17.4. The first kappa shape index (κ1) is 20.5. The molecule has 7 nitrogen and oxygen atoms in total. The van der Waals surface area contributed by atoms with Crippen molar-refractivity contribution in [2.75, 3.05) is 28.4 Å². The number of rotatable bonds is 9. The third-order valence-electron chi connectivity index (χ3n) is 4.80. The van der Waals surface area contributed by atoms with Gasteiger partial charge in [0.15, 0.2) is 11.5 Å².